The van der Waals surface area contributed by atoms with Gasteiger partial charge in [0.2, 0.25) is 11.8 Å². The molecule has 0 unspecified atom stereocenters. The summed E-state index contributed by atoms with van der Waals surface area (Å²) in [4.78, 5) is 31.0. The molecule has 166 valence electrons. The Morgan fingerprint density at radius 2 is 1.77 bits per heavy atom. The highest BCUT2D eigenvalue weighted by Crippen LogP contribution is 2.17. The number of carbonyl (C=O) groups is 2. The summed E-state index contributed by atoms with van der Waals surface area (Å²) in [6.45, 7) is 7.63. The van der Waals surface area contributed by atoms with E-state index in [9.17, 15) is 14.0 Å². The van der Waals surface area contributed by atoms with Crippen LogP contribution in [0, 0.1) is 5.82 Å². The van der Waals surface area contributed by atoms with Gasteiger partial charge in [0.25, 0.3) is 0 Å². The molecule has 1 saturated heterocycles. The molecule has 0 bridgehead atoms. The van der Waals surface area contributed by atoms with Gasteiger partial charge in [-0.3, -0.25) is 14.5 Å². The van der Waals surface area contributed by atoms with Crippen LogP contribution in [-0.4, -0.2) is 67.4 Å². The zero-order valence-electron chi connectivity index (χ0n) is 18.3. The van der Waals surface area contributed by atoms with Gasteiger partial charge < -0.3 is 15.1 Å². The molecule has 1 N–H and O–H groups in total. The van der Waals surface area contributed by atoms with Crippen molar-refractivity contribution in [1.82, 2.24) is 9.80 Å². The van der Waals surface area contributed by atoms with Gasteiger partial charge in [0.05, 0.1) is 13.1 Å². The van der Waals surface area contributed by atoms with E-state index in [-0.39, 0.29) is 24.2 Å². The molecular weight excluding hydrogens is 395 g/mol. The number of likely N-dealkylation sites (N-methyl/N-ethyl adjacent to an activating group) is 1. The minimum Gasteiger partial charge on any atom is -0.362 e. The van der Waals surface area contributed by atoms with Crippen molar-refractivity contribution in [2.75, 3.05) is 56.0 Å². The number of amides is 2. The lowest BCUT2D eigenvalue weighted by Crippen LogP contribution is -2.52. The maximum absolute atomic E-state index is 13.5. The largest absolute Gasteiger partial charge is 0.362 e. The van der Waals surface area contributed by atoms with Gasteiger partial charge in [-0.15, -0.1) is 0 Å². The third kappa shape index (κ3) is 6.28. The van der Waals surface area contributed by atoms with Crippen molar-refractivity contribution in [2.24, 2.45) is 0 Å². The Labute approximate surface area is 183 Å². The predicted molar refractivity (Wildman–Crippen MR) is 122 cm³/mol. The van der Waals surface area contributed by atoms with Crippen LogP contribution in [0.25, 0.3) is 0 Å². The number of para-hydroxylation sites is 1. The molecule has 0 radical (unpaired) electrons. The van der Waals surface area contributed by atoms with Gasteiger partial charge in [-0.25, -0.2) is 4.39 Å². The number of halogens is 1. The molecule has 6 nitrogen and oxygen atoms in total. The molecule has 2 amide bonds. The van der Waals surface area contributed by atoms with E-state index in [0.29, 0.717) is 45.0 Å². The van der Waals surface area contributed by atoms with Crippen LogP contribution in [0.2, 0.25) is 0 Å². The van der Waals surface area contributed by atoms with Crippen molar-refractivity contribution in [3.8, 4) is 0 Å². The number of hydrogen-bond donors (Lipinski definition) is 1. The summed E-state index contributed by atoms with van der Waals surface area (Å²) in [6.07, 6.45) is 0.863. The Balaban J connectivity index is 1.47. The molecule has 0 aromatic heterocycles. The van der Waals surface area contributed by atoms with Crippen molar-refractivity contribution in [2.45, 2.75) is 20.3 Å². The number of nitrogens with zero attached hydrogens (tertiary/aromatic N) is 3. The first-order chi connectivity index (χ1) is 15.0. The number of hydrogen-bond acceptors (Lipinski definition) is 4. The highest BCUT2D eigenvalue weighted by Gasteiger charge is 2.24. The molecule has 0 saturated carbocycles. The molecule has 31 heavy (non-hydrogen) atoms. The van der Waals surface area contributed by atoms with E-state index in [2.05, 4.69) is 17.1 Å². The van der Waals surface area contributed by atoms with Crippen LogP contribution in [-0.2, 0) is 16.0 Å². The smallest absolute Gasteiger partial charge is 0.242 e. The average Bonchev–Trinajstić information content (AvgIpc) is 2.78. The van der Waals surface area contributed by atoms with Crippen molar-refractivity contribution in [1.29, 1.82) is 0 Å². The SMILES string of the molecule is CCc1ccccc1NC(=O)CN1CCN(C(=O)CN(CC)c2cccc(F)c2)CC1. The number of nitrogens with one attached hydrogen (secondary N) is 1. The van der Waals surface area contributed by atoms with E-state index < -0.39 is 0 Å². The highest BCUT2D eigenvalue weighted by atomic mass is 19.1. The quantitative estimate of drug-likeness (QED) is 0.705. The first-order valence-electron chi connectivity index (χ1n) is 10.9. The normalized spacial score (nSPS) is 14.4. The number of rotatable bonds is 8. The van der Waals surface area contributed by atoms with Crippen LogP contribution in [0.15, 0.2) is 48.5 Å². The summed E-state index contributed by atoms with van der Waals surface area (Å²) in [5.74, 6) is -0.326. The van der Waals surface area contributed by atoms with Crippen molar-refractivity contribution >= 4 is 23.2 Å². The standard InChI is InChI=1S/C24H31FN4O2/c1-3-19-8-5-6-11-22(19)26-23(30)17-27-12-14-29(15-13-27)24(31)18-28(4-2)21-10-7-9-20(25)16-21/h5-11,16H,3-4,12-15,17-18H2,1-2H3,(H,26,30). The van der Waals surface area contributed by atoms with Gasteiger partial charge in [-0.1, -0.05) is 31.2 Å². The second-order valence-corrected chi connectivity index (χ2v) is 7.71. The second-order valence-electron chi connectivity index (χ2n) is 7.71. The van der Waals surface area contributed by atoms with Gasteiger partial charge in [0.1, 0.15) is 5.82 Å². The summed E-state index contributed by atoms with van der Waals surface area (Å²) in [6, 6.07) is 14.1. The third-order valence-electron chi connectivity index (χ3n) is 5.65. The molecule has 1 heterocycles. The Morgan fingerprint density at radius 3 is 2.45 bits per heavy atom. The summed E-state index contributed by atoms with van der Waals surface area (Å²) in [5, 5.41) is 3.00. The van der Waals surface area contributed by atoms with Crippen LogP contribution in [0.1, 0.15) is 19.4 Å². The number of carbonyl (C=O) groups excluding carboxylic acids is 2. The molecule has 1 aliphatic rings. The van der Waals surface area contributed by atoms with Crippen molar-refractivity contribution < 1.29 is 14.0 Å². The van der Waals surface area contributed by atoms with Crippen LogP contribution in [0.3, 0.4) is 0 Å². The van der Waals surface area contributed by atoms with Gasteiger partial charge in [0.15, 0.2) is 0 Å². The molecule has 0 spiro atoms. The van der Waals surface area contributed by atoms with Gasteiger partial charge in [-0.05, 0) is 43.2 Å². The molecule has 0 aliphatic carbocycles. The molecule has 1 aliphatic heterocycles. The summed E-state index contributed by atoms with van der Waals surface area (Å²) < 4.78 is 13.5. The van der Waals surface area contributed by atoms with Crippen LogP contribution >= 0.6 is 0 Å². The molecule has 7 heteroatoms. The fraction of sp³-hybridized carbons (Fsp3) is 0.417. The monoisotopic (exact) mass is 426 g/mol. The van der Waals surface area contributed by atoms with E-state index in [4.69, 9.17) is 0 Å². The first kappa shape index (κ1) is 22.7. The van der Waals surface area contributed by atoms with E-state index in [1.807, 2.05) is 47.1 Å². The van der Waals surface area contributed by atoms with Crippen molar-refractivity contribution in [3.05, 3.63) is 59.9 Å². The molecule has 0 atom stereocenters. The van der Waals surface area contributed by atoms with Gasteiger partial charge >= 0.3 is 0 Å². The Hall–Kier alpha value is -2.93. The number of aryl methyl sites for hydroxylation is 1. The van der Waals surface area contributed by atoms with Crippen molar-refractivity contribution in [3.63, 3.8) is 0 Å². The van der Waals surface area contributed by atoms with Crippen LogP contribution in [0.4, 0.5) is 15.8 Å². The van der Waals surface area contributed by atoms with E-state index in [1.165, 1.54) is 12.1 Å². The topological polar surface area (TPSA) is 55.9 Å². The molecule has 2 aromatic rings. The minimum absolute atomic E-state index is 0.0204. The van der Waals surface area contributed by atoms with Gasteiger partial charge in [0, 0.05) is 44.1 Å². The van der Waals surface area contributed by atoms with E-state index in [0.717, 1.165) is 17.7 Å². The third-order valence-corrected chi connectivity index (χ3v) is 5.65. The number of piperazine rings is 1. The lowest BCUT2D eigenvalue weighted by molar-refractivity contribution is -0.131. The average molecular weight is 427 g/mol. The zero-order chi connectivity index (χ0) is 22.2. The van der Waals surface area contributed by atoms with Crippen LogP contribution in [0.5, 0.6) is 0 Å². The molecular formula is C24H31FN4O2. The number of anilines is 2. The summed E-state index contributed by atoms with van der Waals surface area (Å²) in [7, 11) is 0. The maximum Gasteiger partial charge on any atom is 0.242 e. The summed E-state index contributed by atoms with van der Waals surface area (Å²) >= 11 is 0. The lowest BCUT2D eigenvalue weighted by atomic mass is 10.1. The predicted octanol–water partition coefficient (Wildman–Crippen LogP) is 3.00. The molecule has 3 rings (SSSR count). The second kappa shape index (κ2) is 10.9. The fourth-order valence-electron chi connectivity index (χ4n) is 3.82. The Kier molecular flexibility index (Phi) is 8.00. The van der Waals surface area contributed by atoms with E-state index in [1.54, 1.807) is 6.07 Å². The summed E-state index contributed by atoms with van der Waals surface area (Å²) in [5.41, 5.74) is 2.68. The lowest BCUT2D eigenvalue weighted by Gasteiger charge is -2.35. The van der Waals surface area contributed by atoms with Crippen LogP contribution < -0.4 is 10.2 Å². The number of benzene rings is 2. The molecule has 1 fully saturated rings. The maximum atomic E-state index is 13.5. The Bertz CT molecular complexity index is 897. The first-order valence-corrected chi connectivity index (χ1v) is 10.9. The fourth-order valence-corrected chi connectivity index (χ4v) is 3.82. The van der Waals surface area contributed by atoms with Gasteiger partial charge in [-0.2, -0.15) is 0 Å². The highest BCUT2D eigenvalue weighted by molar-refractivity contribution is 5.93. The Morgan fingerprint density at radius 1 is 1.03 bits per heavy atom. The minimum atomic E-state index is -0.308. The zero-order valence-corrected chi connectivity index (χ0v) is 18.3. The van der Waals surface area contributed by atoms with E-state index >= 15 is 0 Å². The molecule has 2 aromatic carbocycles.